The maximum atomic E-state index is 12.0. The molecule has 2 aromatic carbocycles. The summed E-state index contributed by atoms with van der Waals surface area (Å²) in [5.41, 5.74) is 1.02. The highest BCUT2D eigenvalue weighted by Gasteiger charge is 2.23. The molecule has 1 fully saturated rings. The number of nitro benzene ring substituents is 2. The summed E-state index contributed by atoms with van der Waals surface area (Å²) in [6, 6.07) is 11.7. The zero-order chi connectivity index (χ0) is 20.1. The van der Waals surface area contributed by atoms with E-state index in [0.29, 0.717) is 16.0 Å². The third kappa shape index (κ3) is 4.65. The SMILES string of the molecule is O=C1N/C(=N\N=C/c2cccc([N+](=O)[O-])c2)S/C1=C\c1ccc([N+](=O)[O-])cc1. The molecule has 0 saturated carbocycles. The van der Waals surface area contributed by atoms with Gasteiger partial charge in [0.25, 0.3) is 17.3 Å². The van der Waals surface area contributed by atoms with Crippen LogP contribution in [0.5, 0.6) is 0 Å². The van der Waals surface area contributed by atoms with Crippen LogP contribution in [0.2, 0.25) is 0 Å². The number of rotatable bonds is 5. The molecule has 3 rings (SSSR count). The van der Waals surface area contributed by atoms with Crippen molar-refractivity contribution in [3.8, 4) is 0 Å². The Kier molecular flexibility index (Phi) is 5.56. The number of nitro groups is 2. The molecule has 1 heterocycles. The number of hydrogen-bond donors (Lipinski definition) is 1. The largest absolute Gasteiger partial charge is 0.299 e. The summed E-state index contributed by atoms with van der Waals surface area (Å²) in [5.74, 6) is -0.368. The molecule has 140 valence electrons. The minimum atomic E-state index is -0.508. The van der Waals surface area contributed by atoms with Crippen LogP contribution in [0.1, 0.15) is 11.1 Å². The van der Waals surface area contributed by atoms with Crippen LogP contribution in [0.4, 0.5) is 11.4 Å². The van der Waals surface area contributed by atoms with E-state index in [1.165, 1.54) is 48.7 Å². The van der Waals surface area contributed by atoms with Crippen molar-refractivity contribution in [2.75, 3.05) is 0 Å². The van der Waals surface area contributed by atoms with Gasteiger partial charge in [0.15, 0.2) is 5.17 Å². The molecule has 2 aromatic rings. The highest BCUT2D eigenvalue weighted by Crippen LogP contribution is 2.26. The second-order valence-corrected chi connectivity index (χ2v) is 6.45. The average molecular weight is 397 g/mol. The highest BCUT2D eigenvalue weighted by atomic mass is 32.2. The number of carbonyl (C=O) groups is 1. The third-order valence-electron chi connectivity index (χ3n) is 3.49. The van der Waals surface area contributed by atoms with E-state index in [-0.39, 0.29) is 22.4 Å². The van der Waals surface area contributed by atoms with Crippen LogP contribution in [-0.2, 0) is 4.79 Å². The number of nitrogens with one attached hydrogen (secondary N) is 1. The van der Waals surface area contributed by atoms with Crippen molar-refractivity contribution in [3.63, 3.8) is 0 Å². The van der Waals surface area contributed by atoms with E-state index in [0.717, 1.165) is 11.8 Å². The molecule has 1 saturated heterocycles. The van der Waals surface area contributed by atoms with Crippen LogP contribution in [0.3, 0.4) is 0 Å². The summed E-state index contributed by atoms with van der Waals surface area (Å²) in [4.78, 5) is 32.8. The lowest BCUT2D eigenvalue weighted by atomic mass is 10.2. The van der Waals surface area contributed by atoms with Gasteiger partial charge in [-0.1, -0.05) is 12.1 Å². The van der Waals surface area contributed by atoms with Gasteiger partial charge in [-0.25, -0.2) is 0 Å². The standard InChI is InChI=1S/C17H11N5O5S/c23-16-15(9-11-4-6-13(7-5-11)21(24)25)28-17(19-16)20-18-10-12-2-1-3-14(8-12)22(26)27/h1-10H,(H,19,20,23)/b15-9-,18-10-. The predicted molar refractivity (Wildman–Crippen MR) is 105 cm³/mol. The molecule has 1 aliphatic heterocycles. The average Bonchev–Trinajstić information content (AvgIpc) is 3.01. The van der Waals surface area contributed by atoms with Crippen LogP contribution in [-0.4, -0.2) is 27.1 Å². The van der Waals surface area contributed by atoms with E-state index in [9.17, 15) is 25.0 Å². The fraction of sp³-hybridized carbons (Fsp3) is 0. The van der Waals surface area contributed by atoms with Crippen molar-refractivity contribution in [3.05, 3.63) is 84.8 Å². The predicted octanol–water partition coefficient (Wildman–Crippen LogP) is 3.10. The van der Waals surface area contributed by atoms with Crippen molar-refractivity contribution in [1.29, 1.82) is 0 Å². The Bertz CT molecular complexity index is 1050. The molecule has 0 unspecified atom stereocenters. The van der Waals surface area contributed by atoms with Gasteiger partial charge in [-0.15, -0.1) is 5.10 Å². The molecule has 1 N–H and O–H groups in total. The number of carbonyl (C=O) groups excluding carboxylic acids is 1. The van der Waals surface area contributed by atoms with Crippen molar-refractivity contribution in [1.82, 2.24) is 5.32 Å². The molecule has 0 bridgehead atoms. The fourth-order valence-corrected chi connectivity index (χ4v) is 2.96. The van der Waals surface area contributed by atoms with Gasteiger partial charge in [0.1, 0.15) is 0 Å². The van der Waals surface area contributed by atoms with Gasteiger partial charge in [0, 0.05) is 29.8 Å². The summed E-state index contributed by atoms with van der Waals surface area (Å²) < 4.78 is 0. The Morgan fingerprint density at radius 1 is 0.964 bits per heavy atom. The highest BCUT2D eigenvalue weighted by molar-refractivity contribution is 8.18. The van der Waals surface area contributed by atoms with E-state index in [2.05, 4.69) is 15.5 Å². The summed E-state index contributed by atoms with van der Waals surface area (Å²) in [6.45, 7) is 0. The second-order valence-electron chi connectivity index (χ2n) is 5.42. The topological polar surface area (TPSA) is 140 Å². The summed E-state index contributed by atoms with van der Waals surface area (Å²) >= 11 is 1.06. The number of benzene rings is 2. The minimum Gasteiger partial charge on any atom is -0.299 e. The van der Waals surface area contributed by atoms with Crippen molar-refractivity contribution in [2.24, 2.45) is 10.2 Å². The lowest BCUT2D eigenvalue weighted by Crippen LogP contribution is -2.19. The first-order valence-electron chi connectivity index (χ1n) is 7.73. The number of amidine groups is 1. The normalized spacial score (nSPS) is 16.6. The second kappa shape index (κ2) is 8.22. The van der Waals surface area contributed by atoms with Crippen LogP contribution in [0.25, 0.3) is 6.08 Å². The Balaban J connectivity index is 1.70. The van der Waals surface area contributed by atoms with E-state index >= 15 is 0 Å². The van der Waals surface area contributed by atoms with E-state index in [1.807, 2.05) is 0 Å². The molecule has 11 heteroatoms. The molecule has 1 amide bonds. The zero-order valence-electron chi connectivity index (χ0n) is 14.0. The zero-order valence-corrected chi connectivity index (χ0v) is 14.8. The van der Waals surface area contributed by atoms with Gasteiger partial charge in [0.05, 0.1) is 21.0 Å². The lowest BCUT2D eigenvalue weighted by molar-refractivity contribution is -0.385. The van der Waals surface area contributed by atoms with Gasteiger partial charge >= 0.3 is 0 Å². The van der Waals surface area contributed by atoms with Crippen LogP contribution in [0, 0.1) is 20.2 Å². The molecule has 0 atom stereocenters. The first kappa shape index (κ1) is 18.9. The Labute approximate surface area is 162 Å². The van der Waals surface area contributed by atoms with Crippen LogP contribution >= 0.6 is 11.8 Å². The monoisotopic (exact) mass is 397 g/mol. The smallest absolute Gasteiger partial charge is 0.270 e. The maximum absolute atomic E-state index is 12.0. The maximum Gasteiger partial charge on any atom is 0.270 e. The quantitative estimate of drug-likeness (QED) is 0.356. The molecule has 0 spiro atoms. The lowest BCUT2D eigenvalue weighted by Gasteiger charge is -1.95. The van der Waals surface area contributed by atoms with Crippen LogP contribution < -0.4 is 5.32 Å². The number of thioether (sulfide) groups is 1. The number of hydrogen-bond acceptors (Lipinski definition) is 8. The molecular weight excluding hydrogens is 386 g/mol. The van der Waals surface area contributed by atoms with Crippen molar-refractivity contribution >= 4 is 46.5 Å². The number of nitrogens with zero attached hydrogens (tertiary/aromatic N) is 4. The minimum absolute atomic E-state index is 0.0385. The van der Waals surface area contributed by atoms with E-state index in [4.69, 9.17) is 0 Å². The number of amides is 1. The molecule has 0 aliphatic carbocycles. The van der Waals surface area contributed by atoms with E-state index in [1.54, 1.807) is 12.1 Å². The summed E-state index contributed by atoms with van der Waals surface area (Å²) in [7, 11) is 0. The van der Waals surface area contributed by atoms with Crippen molar-refractivity contribution < 1.29 is 14.6 Å². The number of non-ortho nitro benzene ring substituents is 2. The van der Waals surface area contributed by atoms with Crippen LogP contribution in [0.15, 0.2) is 63.6 Å². The van der Waals surface area contributed by atoms with Gasteiger partial charge in [-0.3, -0.25) is 30.3 Å². The Hall–Kier alpha value is -3.86. The first-order valence-corrected chi connectivity index (χ1v) is 8.55. The molecule has 0 radical (unpaired) electrons. The molecular formula is C17H11N5O5S. The van der Waals surface area contributed by atoms with E-state index < -0.39 is 9.85 Å². The first-order chi connectivity index (χ1) is 13.4. The summed E-state index contributed by atoms with van der Waals surface area (Å²) in [5, 5.41) is 31.9. The van der Waals surface area contributed by atoms with Gasteiger partial charge in [0.2, 0.25) is 0 Å². The van der Waals surface area contributed by atoms with Gasteiger partial charge in [-0.05, 0) is 35.5 Å². The Morgan fingerprint density at radius 3 is 2.36 bits per heavy atom. The van der Waals surface area contributed by atoms with Gasteiger partial charge < -0.3 is 0 Å². The molecule has 0 aromatic heterocycles. The Morgan fingerprint density at radius 2 is 1.68 bits per heavy atom. The van der Waals surface area contributed by atoms with Crippen molar-refractivity contribution in [2.45, 2.75) is 0 Å². The molecule has 1 aliphatic rings. The summed E-state index contributed by atoms with van der Waals surface area (Å²) in [6.07, 6.45) is 2.92. The molecule has 10 nitrogen and oxygen atoms in total. The fourth-order valence-electron chi connectivity index (χ4n) is 2.19. The molecule has 28 heavy (non-hydrogen) atoms. The van der Waals surface area contributed by atoms with Gasteiger partial charge in [-0.2, -0.15) is 5.10 Å². The third-order valence-corrected chi connectivity index (χ3v) is 4.39.